The van der Waals surface area contributed by atoms with E-state index in [1.165, 1.54) is 36.8 Å². The fourth-order valence-electron chi connectivity index (χ4n) is 2.55. The average Bonchev–Trinajstić information content (AvgIpc) is 2.59. The lowest BCUT2D eigenvalue weighted by Crippen LogP contribution is -2.18. The molecule has 0 bridgehead atoms. The van der Waals surface area contributed by atoms with Gasteiger partial charge in [0.1, 0.15) is 5.75 Å². The summed E-state index contributed by atoms with van der Waals surface area (Å²) >= 11 is 0. The summed E-state index contributed by atoms with van der Waals surface area (Å²) in [7, 11) is 1.70. The predicted octanol–water partition coefficient (Wildman–Crippen LogP) is 4.24. The third kappa shape index (κ3) is 6.31. The molecule has 0 saturated heterocycles. The molecule has 0 unspecified atom stereocenters. The number of benzene rings is 2. The Hall–Kier alpha value is -1.80. The molecular weight excluding hydrogens is 270 g/mol. The molecule has 0 radical (unpaired) electrons. The topological polar surface area (TPSA) is 21.3 Å². The Balaban J connectivity index is 1.47. The van der Waals surface area contributed by atoms with Crippen LogP contribution in [0.15, 0.2) is 54.6 Å². The molecule has 2 heteroatoms. The van der Waals surface area contributed by atoms with Gasteiger partial charge in [-0.2, -0.15) is 0 Å². The van der Waals surface area contributed by atoms with E-state index in [0.29, 0.717) is 0 Å². The van der Waals surface area contributed by atoms with Gasteiger partial charge in [-0.3, -0.25) is 0 Å². The lowest BCUT2D eigenvalue weighted by atomic mass is 10.1. The summed E-state index contributed by atoms with van der Waals surface area (Å²) in [6.07, 6.45) is 6.12. The highest BCUT2D eigenvalue weighted by molar-refractivity contribution is 5.27. The van der Waals surface area contributed by atoms with Crippen molar-refractivity contribution < 1.29 is 4.74 Å². The zero-order valence-corrected chi connectivity index (χ0v) is 13.6. The number of hydrogen-bond donors (Lipinski definition) is 1. The molecule has 0 aromatic heterocycles. The Morgan fingerprint density at radius 3 is 2.18 bits per heavy atom. The third-order valence-electron chi connectivity index (χ3n) is 3.91. The molecule has 0 saturated carbocycles. The molecule has 22 heavy (non-hydrogen) atoms. The maximum Gasteiger partial charge on any atom is 0.118 e. The molecule has 0 aliphatic heterocycles. The largest absolute Gasteiger partial charge is 0.497 e. The third-order valence-corrected chi connectivity index (χ3v) is 3.91. The molecule has 0 aliphatic carbocycles. The normalized spacial score (nSPS) is 10.6. The van der Waals surface area contributed by atoms with Crippen LogP contribution in [0.25, 0.3) is 0 Å². The fourth-order valence-corrected chi connectivity index (χ4v) is 2.55. The van der Waals surface area contributed by atoms with Gasteiger partial charge >= 0.3 is 0 Å². The van der Waals surface area contributed by atoms with Crippen LogP contribution in [0.3, 0.4) is 0 Å². The van der Waals surface area contributed by atoms with Crippen molar-refractivity contribution in [2.75, 3.05) is 20.2 Å². The van der Waals surface area contributed by atoms with Gasteiger partial charge in [-0.05, 0) is 62.0 Å². The highest BCUT2D eigenvalue weighted by atomic mass is 16.5. The molecular formula is C20H27NO. The Labute approximate surface area is 134 Å². The summed E-state index contributed by atoms with van der Waals surface area (Å²) in [5.41, 5.74) is 2.81. The van der Waals surface area contributed by atoms with Gasteiger partial charge in [-0.15, -0.1) is 0 Å². The summed E-state index contributed by atoms with van der Waals surface area (Å²) in [5.74, 6) is 0.926. The monoisotopic (exact) mass is 297 g/mol. The Bertz CT molecular complexity index is 507. The number of aryl methyl sites for hydroxylation is 1. The van der Waals surface area contributed by atoms with E-state index >= 15 is 0 Å². The lowest BCUT2D eigenvalue weighted by Gasteiger charge is -2.06. The van der Waals surface area contributed by atoms with Crippen LogP contribution >= 0.6 is 0 Å². The first-order chi connectivity index (χ1) is 10.9. The van der Waals surface area contributed by atoms with Crippen molar-refractivity contribution in [2.45, 2.75) is 32.1 Å². The number of rotatable bonds is 10. The smallest absolute Gasteiger partial charge is 0.118 e. The summed E-state index contributed by atoms with van der Waals surface area (Å²) in [6, 6.07) is 19.1. The van der Waals surface area contributed by atoms with Crippen molar-refractivity contribution in [3.63, 3.8) is 0 Å². The predicted molar refractivity (Wildman–Crippen MR) is 93.6 cm³/mol. The highest BCUT2D eigenvalue weighted by Gasteiger charge is 1.96. The standard InChI is InChI=1S/C20H27NO/c1-22-20-13-11-19(12-14-20)15-17-21-16-7-3-6-10-18-8-4-2-5-9-18/h2,4-5,8-9,11-14,21H,3,6-7,10,15-17H2,1H3. The second-order valence-corrected chi connectivity index (χ2v) is 5.64. The summed E-state index contributed by atoms with van der Waals surface area (Å²) in [4.78, 5) is 0. The van der Waals surface area contributed by atoms with Gasteiger partial charge in [0.25, 0.3) is 0 Å². The molecule has 0 fully saturated rings. The zero-order chi connectivity index (χ0) is 15.5. The quantitative estimate of drug-likeness (QED) is 0.662. The number of nitrogens with one attached hydrogen (secondary N) is 1. The molecule has 2 nitrogen and oxygen atoms in total. The molecule has 0 atom stereocenters. The summed E-state index contributed by atoms with van der Waals surface area (Å²) in [6.45, 7) is 2.16. The Morgan fingerprint density at radius 2 is 1.45 bits per heavy atom. The number of unbranched alkanes of at least 4 members (excludes halogenated alkanes) is 2. The fraction of sp³-hybridized carbons (Fsp3) is 0.400. The van der Waals surface area contributed by atoms with Gasteiger partial charge in [-0.25, -0.2) is 0 Å². The summed E-state index contributed by atoms with van der Waals surface area (Å²) < 4.78 is 5.17. The van der Waals surface area contributed by atoms with Gasteiger partial charge < -0.3 is 10.1 Å². The SMILES string of the molecule is COc1ccc(CCNCCCCCc2ccccc2)cc1. The van der Waals surface area contributed by atoms with Crippen molar-refractivity contribution in [3.05, 3.63) is 65.7 Å². The maximum atomic E-state index is 5.17. The minimum Gasteiger partial charge on any atom is -0.497 e. The van der Waals surface area contributed by atoms with E-state index < -0.39 is 0 Å². The van der Waals surface area contributed by atoms with Crippen molar-refractivity contribution in [3.8, 4) is 5.75 Å². The maximum absolute atomic E-state index is 5.17. The Morgan fingerprint density at radius 1 is 0.727 bits per heavy atom. The molecule has 0 spiro atoms. The van der Waals surface area contributed by atoms with Crippen molar-refractivity contribution >= 4 is 0 Å². The average molecular weight is 297 g/mol. The number of hydrogen-bond acceptors (Lipinski definition) is 2. The Kier molecular flexibility index (Phi) is 7.54. The molecule has 0 heterocycles. The molecule has 0 amide bonds. The van der Waals surface area contributed by atoms with Crippen LogP contribution < -0.4 is 10.1 Å². The van der Waals surface area contributed by atoms with Gasteiger partial charge in [0.2, 0.25) is 0 Å². The minimum atomic E-state index is 0.926. The van der Waals surface area contributed by atoms with Crippen molar-refractivity contribution in [1.29, 1.82) is 0 Å². The molecule has 2 aromatic carbocycles. The molecule has 1 N–H and O–H groups in total. The minimum absolute atomic E-state index is 0.926. The van der Waals surface area contributed by atoms with Crippen LogP contribution in [0, 0.1) is 0 Å². The van der Waals surface area contributed by atoms with E-state index in [9.17, 15) is 0 Å². The van der Waals surface area contributed by atoms with Crippen LogP contribution in [-0.4, -0.2) is 20.2 Å². The lowest BCUT2D eigenvalue weighted by molar-refractivity contribution is 0.414. The van der Waals surface area contributed by atoms with E-state index in [1.807, 2.05) is 12.1 Å². The highest BCUT2D eigenvalue weighted by Crippen LogP contribution is 2.11. The van der Waals surface area contributed by atoms with Crippen LogP contribution in [0.5, 0.6) is 5.75 Å². The van der Waals surface area contributed by atoms with E-state index in [4.69, 9.17) is 4.74 Å². The van der Waals surface area contributed by atoms with Crippen LogP contribution in [0.4, 0.5) is 0 Å². The van der Waals surface area contributed by atoms with E-state index in [2.05, 4.69) is 47.8 Å². The summed E-state index contributed by atoms with van der Waals surface area (Å²) in [5, 5.41) is 3.53. The second-order valence-electron chi connectivity index (χ2n) is 5.64. The van der Waals surface area contributed by atoms with Crippen LogP contribution in [0.2, 0.25) is 0 Å². The van der Waals surface area contributed by atoms with Gasteiger partial charge in [-0.1, -0.05) is 48.9 Å². The van der Waals surface area contributed by atoms with E-state index in [-0.39, 0.29) is 0 Å². The first kappa shape index (κ1) is 16.6. The van der Waals surface area contributed by atoms with Crippen molar-refractivity contribution in [1.82, 2.24) is 5.32 Å². The van der Waals surface area contributed by atoms with Crippen LogP contribution in [-0.2, 0) is 12.8 Å². The van der Waals surface area contributed by atoms with Gasteiger partial charge in [0, 0.05) is 0 Å². The molecule has 2 rings (SSSR count). The molecule has 118 valence electrons. The van der Waals surface area contributed by atoms with Crippen LogP contribution in [0.1, 0.15) is 30.4 Å². The van der Waals surface area contributed by atoms with Gasteiger partial charge in [0.15, 0.2) is 0 Å². The molecule has 2 aromatic rings. The molecule has 0 aliphatic rings. The number of ether oxygens (including phenoxy) is 1. The van der Waals surface area contributed by atoms with E-state index in [0.717, 1.165) is 25.3 Å². The zero-order valence-electron chi connectivity index (χ0n) is 13.6. The van der Waals surface area contributed by atoms with E-state index in [1.54, 1.807) is 7.11 Å². The first-order valence-corrected chi connectivity index (χ1v) is 8.26. The second kappa shape index (κ2) is 10.0. The first-order valence-electron chi connectivity index (χ1n) is 8.26. The van der Waals surface area contributed by atoms with Crippen molar-refractivity contribution in [2.24, 2.45) is 0 Å². The number of methoxy groups -OCH3 is 1. The van der Waals surface area contributed by atoms with Gasteiger partial charge in [0.05, 0.1) is 7.11 Å².